The van der Waals surface area contributed by atoms with Gasteiger partial charge in [-0.1, -0.05) is 35.9 Å². The number of hydrogen-bond donors (Lipinski definition) is 3. The average Bonchev–Trinajstić information content (AvgIpc) is 2.54. The molecule has 0 spiro atoms. The summed E-state index contributed by atoms with van der Waals surface area (Å²) in [6.07, 6.45) is 2.98. The number of halogens is 1. The van der Waals surface area contributed by atoms with Gasteiger partial charge in [-0.2, -0.15) is 0 Å². The van der Waals surface area contributed by atoms with E-state index in [0.717, 1.165) is 5.56 Å². The third kappa shape index (κ3) is 5.19. The highest BCUT2D eigenvalue weighted by atomic mass is 35.5. The Kier molecular flexibility index (Phi) is 6.06. The summed E-state index contributed by atoms with van der Waals surface area (Å²) in [5, 5.41) is 5.95. The molecule has 0 aliphatic carbocycles. The van der Waals surface area contributed by atoms with Crippen LogP contribution in [0.4, 0.5) is 5.69 Å². The van der Waals surface area contributed by atoms with E-state index < -0.39 is 11.8 Å². The van der Waals surface area contributed by atoms with E-state index in [0.29, 0.717) is 10.7 Å². The molecule has 0 fully saturated rings. The summed E-state index contributed by atoms with van der Waals surface area (Å²) in [4.78, 5) is 23.2. The molecule has 7 heteroatoms. The Morgan fingerprint density at radius 2 is 1.75 bits per heavy atom. The minimum Gasteiger partial charge on any atom is -0.366 e. The fourth-order valence-electron chi connectivity index (χ4n) is 1.86. The zero-order valence-electron chi connectivity index (χ0n) is 12.5. The van der Waals surface area contributed by atoms with E-state index in [2.05, 4.69) is 10.6 Å². The number of hydrogen-bond acceptors (Lipinski definition) is 3. The van der Waals surface area contributed by atoms with E-state index in [-0.39, 0.29) is 10.7 Å². The second-order valence-corrected chi connectivity index (χ2v) is 5.58. The minimum absolute atomic E-state index is 0.0643. The van der Waals surface area contributed by atoms with Gasteiger partial charge < -0.3 is 11.1 Å². The third-order valence-electron chi connectivity index (χ3n) is 2.97. The first-order valence-electron chi connectivity index (χ1n) is 6.90. The second kappa shape index (κ2) is 8.24. The van der Waals surface area contributed by atoms with Gasteiger partial charge in [0.05, 0.1) is 11.3 Å². The topological polar surface area (TPSA) is 84.2 Å². The van der Waals surface area contributed by atoms with Crippen molar-refractivity contribution >= 4 is 52.5 Å². The number of para-hydroxylation sites is 1. The van der Waals surface area contributed by atoms with Crippen LogP contribution in [0.2, 0.25) is 5.02 Å². The standard InChI is InChI=1S/C17H14ClN3O2S/c18-12-8-5-11(6-9-12)7-10-15(22)21-17(24)20-14-4-2-1-3-13(14)16(19)23/h1-10H,(H2,19,23)(H2,20,21,22,24). The van der Waals surface area contributed by atoms with E-state index in [9.17, 15) is 9.59 Å². The number of anilines is 1. The normalized spacial score (nSPS) is 10.4. The van der Waals surface area contributed by atoms with Crippen LogP contribution in [0.15, 0.2) is 54.6 Å². The number of nitrogens with one attached hydrogen (secondary N) is 2. The fourth-order valence-corrected chi connectivity index (χ4v) is 2.20. The van der Waals surface area contributed by atoms with Crippen molar-refractivity contribution in [3.63, 3.8) is 0 Å². The molecular weight excluding hydrogens is 346 g/mol. The van der Waals surface area contributed by atoms with Gasteiger partial charge in [0.2, 0.25) is 5.91 Å². The summed E-state index contributed by atoms with van der Waals surface area (Å²) in [5.74, 6) is -0.992. The molecule has 2 amide bonds. The summed E-state index contributed by atoms with van der Waals surface area (Å²) >= 11 is 10.9. The number of primary amides is 1. The molecule has 2 aromatic rings. The van der Waals surface area contributed by atoms with Crippen molar-refractivity contribution in [3.8, 4) is 0 Å². The zero-order valence-corrected chi connectivity index (χ0v) is 14.0. The van der Waals surface area contributed by atoms with Crippen LogP contribution in [-0.4, -0.2) is 16.9 Å². The molecule has 4 N–H and O–H groups in total. The van der Waals surface area contributed by atoms with Gasteiger partial charge in [-0.25, -0.2) is 0 Å². The molecule has 5 nitrogen and oxygen atoms in total. The minimum atomic E-state index is -0.588. The molecule has 2 aromatic carbocycles. The van der Waals surface area contributed by atoms with Crippen LogP contribution in [0.3, 0.4) is 0 Å². The summed E-state index contributed by atoms with van der Waals surface area (Å²) in [5.41, 5.74) is 6.82. The third-order valence-corrected chi connectivity index (χ3v) is 3.43. The van der Waals surface area contributed by atoms with Crippen molar-refractivity contribution in [2.24, 2.45) is 5.73 Å². The molecule has 0 radical (unpaired) electrons. The Labute approximate surface area is 149 Å². The average molecular weight is 360 g/mol. The molecule has 0 saturated heterocycles. The molecule has 122 valence electrons. The maximum atomic E-state index is 11.9. The van der Waals surface area contributed by atoms with E-state index in [1.807, 2.05) is 0 Å². The summed E-state index contributed by atoms with van der Waals surface area (Å²) in [6.45, 7) is 0. The Bertz CT molecular complexity index is 804. The van der Waals surface area contributed by atoms with Gasteiger partial charge in [0.15, 0.2) is 5.11 Å². The van der Waals surface area contributed by atoms with Gasteiger partial charge in [0.25, 0.3) is 5.91 Å². The lowest BCUT2D eigenvalue weighted by molar-refractivity contribution is -0.115. The number of nitrogens with two attached hydrogens (primary N) is 1. The van der Waals surface area contributed by atoms with Crippen molar-refractivity contribution in [1.29, 1.82) is 0 Å². The first kappa shape index (κ1) is 17.7. The second-order valence-electron chi connectivity index (χ2n) is 4.74. The lowest BCUT2D eigenvalue weighted by atomic mass is 10.1. The van der Waals surface area contributed by atoms with Gasteiger partial charge in [-0.05, 0) is 48.1 Å². The highest BCUT2D eigenvalue weighted by molar-refractivity contribution is 7.80. The van der Waals surface area contributed by atoms with Gasteiger partial charge in [0.1, 0.15) is 0 Å². The van der Waals surface area contributed by atoms with Gasteiger partial charge >= 0.3 is 0 Å². The molecule has 0 atom stereocenters. The van der Waals surface area contributed by atoms with Crippen molar-refractivity contribution in [1.82, 2.24) is 5.32 Å². The number of carbonyl (C=O) groups excluding carboxylic acids is 2. The molecule has 24 heavy (non-hydrogen) atoms. The SMILES string of the molecule is NC(=O)c1ccccc1NC(=S)NC(=O)C=Cc1ccc(Cl)cc1. The highest BCUT2D eigenvalue weighted by Gasteiger charge is 2.09. The maximum absolute atomic E-state index is 11.9. The summed E-state index contributed by atoms with van der Waals surface area (Å²) in [7, 11) is 0. The quantitative estimate of drug-likeness (QED) is 0.579. The van der Waals surface area contributed by atoms with Crippen LogP contribution in [0.25, 0.3) is 6.08 Å². The first-order valence-corrected chi connectivity index (χ1v) is 7.69. The molecule has 2 rings (SSSR count). The largest absolute Gasteiger partial charge is 0.366 e. The predicted octanol–water partition coefficient (Wildman–Crippen LogP) is 2.97. The number of rotatable bonds is 4. The number of benzene rings is 2. The number of carbonyl (C=O) groups is 2. The smallest absolute Gasteiger partial charge is 0.250 e. The Balaban J connectivity index is 1.96. The Hall–Kier alpha value is -2.70. The maximum Gasteiger partial charge on any atom is 0.250 e. The van der Waals surface area contributed by atoms with Crippen LogP contribution >= 0.6 is 23.8 Å². The number of thiocarbonyl (C=S) groups is 1. The van der Waals surface area contributed by atoms with Crippen molar-refractivity contribution in [2.75, 3.05) is 5.32 Å². The van der Waals surface area contributed by atoms with Crippen LogP contribution in [0.5, 0.6) is 0 Å². The van der Waals surface area contributed by atoms with Crippen LogP contribution < -0.4 is 16.4 Å². The van der Waals surface area contributed by atoms with Crippen LogP contribution in [0.1, 0.15) is 15.9 Å². The summed E-state index contributed by atoms with van der Waals surface area (Å²) in [6, 6.07) is 13.6. The van der Waals surface area contributed by atoms with Crippen LogP contribution in [-0.2, 0) is 4.79 Å². The van der Waals surface area contributed by atoms with Crippen molar-refractivity contribution in [2.45, 2.75) is 0 Å². The molecule has 0 unspecified atom stereocenters. The van der Waals surface area contributed by atoms with E-state index >= 15 is 0 Å². The molecule has 0 aromatic heterocycles. The van der Waals surface area contributed by atoms with Crippen molar-refractivity contribution in [3.05, 3.63) is 70.8 Å². The van der Waals surface area contributed by atoms with E-state index in [1.165, 1.54) is 6.08 Å². The lowest BCUT2D eigenvalue weighted by Crippen LogP contribution is -2.33. The first-order chi connectivity index (χ1) is 11.5. The Morgan fingerprint density at radius 3 is 2.42 bits per heavy atom. The fraction of sp³-hybridized carbons (Fsp3) is 0. The van der Waals surface area contributed by atoms with E-state index in [1.54, 1.807) is 54.6 Å². The number of amides is 2. The molecule has 0 aliphatic heterocycles. The predicted molar refractivity (Wildman–Crippen MR) is 99.8 cm³/mol. The van der Waals surface area contributed by atoms with Gasteiger partial charge in [0, 0.05) is 11.1 Å². The van der Waals surface area contributed by atoms with E-state index in [4.69, 9.17) is 29.6 Å². The monoisotopic (exact) mass is 359 g/mol. The molecule has 0 aliphatic rings. The lowest BCUT2D eigenvalue weighted by Gasteiger charge is -2.10. The van der Waals surface area contributed by atoms with Crippen LogP contribution in [0, 0.1) is 0 Å². The molecule has 0 saturated carbocycles. The zero-order chi connectivity index (χ0) is 17.5. The highest BCUT2D eigenvalue weighted by Crippen LogP contribution is 2.14. The Morgan fingerprint density at radius 1 is 1.08 bits per heavy atom. The molecule has 0 bridgehead atoms. The van der Waals surface area contributed by atoms with Gasteiger partial charge in [-0.15, -0.1) is 0 Å². The van der Waals surface area contributed by atoms with Crippen molar-refractivity contribution < 1.29 is 9.59 Å². The summed E-state index contributed by atoms with van der Waals surface area (Å²) < 4.78 is 0. The van der Waals surface area contributed by atoms with Gasteiger partial charge in [-0.3, -0.25) is 14.9 Å². The molecular formula is C17H14ClN3O2S. The molecule has 0 heterocycles.